The standard InChI is InChI=1S/C11H21NO3/c1-4-5-6-7-9(13)15-10-12-11(2,3)8-14-10/h10,12H,4-8H2,1-3H3. The molecule has 1 saturated heterocycles. The lowest BCUT2D eigenvalue weighted by molar-refractivity contribution is -0.173. The van der Waals surface area contributed by atoms with E-state index in [0.717, 1.165) is 19.3 Å². The van der Waals surface area contributed by atoms with Crippen LogP contribution < -0.4 is 5.32 Å². The van der Waals surface area contributed by atoms with Crippen LogP contribution in [0, 0.1) is 0 Å². The van der Waals surface area contributed by atoms with Gasteiger partial charge in [-0.3, -0.25) is 10.1 Å². The van der Waals surface area contributed by atoms with E-state index in [1.54, 1.807) is 0 Å². The Hall–Kier alpha value is -0.610. The highest BCUT2D eigenvalue weighted by molar-refractivity contribution is 5.69. The van der Waals surface area contributed by atoms with E-state index in [2.05, 4.69) is 12.2 Å². The van der Waals surface area contributed by atoms with Crippen molar-refractivity contribution >= 4 is 5.97 Å². The van der Waals surface area contributed by atoms with Crippen LogP contribution in [-0.4, -0.2) is 24.5 Å². The SMILES string of the molecule is CCCCCC(=O)OC1NC(C)(C)CO1. The van der Waals surface area contributed by atoms with Crippen LogP contribution in [-0.2, 0) is 14.3 Å². The number of ether oxygens (including phenoxy) is 2. The molecule has 0 aromatic rings. The maximum Gasteiger partial charge on any atom is 0.309 e. The van der Waals surface area contributed by atoms with Crippen LogP contribution >= 0.6 is 0 Å². The van der Waals surface area contributed by atoms with Crippen LogP contribution in [0.2, 0.25) is 0 Å². The van der Waals surface area contributed by atoms with Crippen molar-refractivity contribution in [2.45, 2.75) is 58.4 Å². The van der Waals surface area contributed by atoms with E-state index >= 15 is 0 Å². The molecule has 1 aliphatic rings. The van der Waals surface area contributed by atoms with Gasteiger partial charge in [-0.2, -0.15) is 0 Å². The number of esters is 1. The predicted octanol–water partition coefficient (Wildman–Crippen LogP) is 1.79. The summed E-state index contributed by atoms with van der Waals surface area (Å²) in [5, 5.41) is 3.09. The first-order valence-corrected chi connectivity index (χ1v) is 5.62. The van der Waals surface area contributed by atoms with Crippen LogP contribution in [0.3, 0.4) is 0 Å². The van der Waals surface area contributed by atoms with Crippen LogP contribution in [0.1, 0.15) is 46.5 Å². The average molecular weight is 215 g/mol. The minimum Gasteiger partial charge on any atom is -0.421 e. The van der Waals surface area contributed by atoms with E-state index in [1.165, 1.54) is 0 Å². The van der Waals surface area contributed by atoms with Gasteiger partial charge in [0.05, 0.1) is 6.61 Å². The molecule has 1 heterocycles. The molecule has 0 spiro atoms. The van der Waals surface area contributed by atoms with Crippen molar-refractivity contribution < 1.29 is 14.3 Å². The molecule has 15 heavy (non-hydrogen) atoms. The highest BCUT2D eigenvalue weighted by Crippen LogP contribution is 2.15. The second-order valence-corrected chi connectivity index (χ2v) is 4.62. The third-order valence-corrected chi connectivity index (χ3v) is 2.33. The summed E-state index contributed by atoms with van der Waals surface area (Å²) in [6.45, 7) is 6.70. The van der Waals surface area contributed by atoms with Gasteiger partial charge >= 0.3 is 5.97 Å². The van der Waals surface area contributed by atoms with Crippen molar-refractivity contribution in [3.63, 3.8) is 0 Å². The Morgan fingerprint density at radius 1 is 1.53 bits per heavy atom. The lowest BCUT2D eigenvalue weighted by Gasteiger charge is -2.16. The molecule has 4 nitrogen and oxygen atoms in total. The van der Waals surface area contributed by atoms with Crippen molar-refractivity contribution in [1.82, 2.24) is 5.32 Å². The fraction of sp³-hybridized carbons (Fsp3) is 0.909. The third-order valence-electron chi connectivity index (χ3n) is 2.33. The molecule has 0 amide bonds. The van der Waals surface area contributed by atoms with Gasteiger partial charge in [0.2, 0.25) is 0 Å². The number of unbranched alkanes of at least 4 members (excludes halogenated alkanes) is 2. The smallest absolute Gasteiger partial charge is 0.309 e. The number of hydrogen-bond donors (Lipinski definition) is 1. The van der Waals surface area contributed by atoms with Gasteiger partial charge in [-0.1, -0.05) is 19.8 Å². The molecule has 0 bridgehead atoms. The highest BCUT2D eigenvalue weighted by atomic mass is 16.7. The molecule has 0 aliphatic carbocycles. The molecule has 1 fully saturated rings. The normalized spacial score (nSPS) is 24.1. The molecule has 0 saturated carbocycles. The number of rotatable bonds is 5. The summed E-state index contributed by atoms with van der Waals surface area (Å²) in [6, 6.07) is 0. The maximum atomic E-state index is 11.3. The lowest BCUT2D eigenvalue weighted by Crippen LogP contribution is -2.40. The van der Waals surface area contributed by atoms with Crippen LogP contribution in [0.5, 0.6) is 0 Å². The van der Waals surface area contributed by atoms with E-state index in [-0.39, 0.29) is 11.5 Å². The Morgan fingerprint density at radius 2 is 2.27 bits per heavy atom. The summed E-state index contributed by atoms with van der Waals surface area (Å²) in [5.74, 6) is -0.182. The average Bonchev–Trinajstić information content (AvgIpc) is 2.46. The molecule has 88 valence electrons. The molecule has 1 atom stereocenters. The summed E-state index contributed by atoms with van der Waals surface area (Å²) in [5.41, 5.74) is -0.103. The quantitative estimate of drug-likeness (QED) is 0.561. The van der Waals surface area contributed by atoms with Gasteiger partial charge in [0, 0.05) is 12.0 Å². The van der Waals surface area contributed by atoms with Crippen molar-refractivity contribution in [1.29, 1.82) is 0 Å². The molecular formula is C11H21NO3. The van der Waals surface area contributed by atoms with Crippen molar-refractivity contribution in [2.24, 2.45) is 0 Å². The minimum atomic E-state index is -0.561. The Labute approximate surface area is 91.3 Å². The largest absolute Gasteiger partial charge is 0.421 e. The molecular weight excluding hydrogens is 194 g/mol. The van der Waals surface area contributed by atoms with E-state index in [0.29, 0.717) is 13.0 Å². The second kappa shape index (κ2) is 5.47. The van der Waals surface area contributed by atoms with Crippen LogP contribution in [0.15, 0.2) is 0 Å². The molecule has 0 aromatic heterocycles. The molecule has 0 aromatic carbocycles. The Kier molecular flexibility index (Phi) is 4.54. The molecule has 1 aliphatic heterocycles. The van der Waals surface area contributed by atoms with Crippen molar-refractivity contribution in [3.8, 4) is 0 Å². The zero-order valence-electron chi connectivity index (χ0n) is 9.84. The number of nitrogens with one attached hydrogen (secondary N) is 1. The third kappa shape index (κ3) is 4.62. The lowest BCUT2D eigenvalue weighted by atomic mass is 10.1. The van der Waals surface area contributed by atoms with Gasteiger partial charge in [-0.25, -0.2) is 0 Å². The molecule has 1 N–H and O–H groups in total. The molecule has 4 heteroatoms. The molecule has 1 rings (SSSR count). The van der Waals surface area contributed by atoms with Gasteiger partial charge < -0.3 is 9.47 Å². The Bertz CT molecular complexity index is 216. The van der Waals surface area contributed by atoms with E-state index in [9.17, 15) is 4.79 Å². The van der Waals surface area contributed by atoms with E-state index in [4.69, 9.17) is 9.47 Å². The number of carbonyl (C=O) groups excluding carboxylic acids is 1. The summed E-state index contributed by atoms with van der Waals surface area (Å²) >= 11 is 0. The number of hydrogen-bond acceptors (Lipinski definition) is 4. The summed E-state index contributed by atoms with van der Waals surface area (Å²) in [7, 11) is 0. The second-order valence-electron chi connectivity index (χ2n) is 4.62. The summed E-state index contributed by atoms with van der Waals surface area (Å²) in [4.78, 5) is 11.3. The monoisotopic (exact) mass is 215 g/mol. The first-order valence-electron chi connectivity index (χ1n) is 5.62. The van der Waals surface area contributed by atoms with Gasteiger partial charge in [0.1, 0.15) is 0 Å². The van der Waals surface area contributed by atoms with Crippen LogP contribution in [0.4, 0.5) is 0 Å². The predicted molar refractivity (Wildman–Crippen MR) is 57.2 cm³/mol. The highest BCUT2D eigenvalue weighted by Gasteiger charge is 2.32. The zero-order chi connectivity index (χ0) is 11.3. The summed E-state index contributed by atoms with van der Waals surface area (Å²) < 4.78 is 10.4. The van der Waals surface area contributed by atoms with E-state index < -0.39 is 6.41 Å². The number of carbonyl (C=O) groups is 1. The van der Waals surface area contributed by atoms with Gasteiger partial charge in [-0.05, 0) is 20.3 Å². The molecule has 0 radical (unpaired) electrons. The van der Waals surface area contributed by atoms with Crippen molar-refractivity contribution in [2.75, 3.05) is 6.61 Å². The topological polar surface area (TPSA) is 47.6 Å². The maximum absolute atomic E-state index is 11.3. The van der Waals surface area contributed by atoms with Crippen LogP contribution in [0.25, 0.3) is 0 Å². The van der Waals surface area contributed by atoms with Gasteiger partial charge in [0.15, 0.2) is 0 Å². The Balaban J connectivity index is 2.16. The minimum absolute atomic E-state index is 0.103. The fourth-order valence-corrected chi connectivity index (χ4v) is 1.45. The fourth-order valence-electron chi connectivity index (χ4n) is 1.45. The van der Waals surface area contributed by atoms with Gasteiger partial charge in [0.25, 0.3) is 6.41 Å². The Morgan fingerprint density at radius 3 is 2.80 bits per heavy atom. The first-order chi connectivity index (χ1) is 7.03. The summed E-state index contributed by atoms with van der Waals surface area (Å²) in [6.07, 6.45) is 2.99. The van der Waals surface area contributed by atoms with Gasteiger partial charge in [-0.15, -0.1) is 0 Å². The zero-order valence-corrected chi connectivity index (χ0v) is 9.84. The van der Waals surface area contributed by atoms with E-state index in [1.807, 2.05) is 13.8 Å². The first kappa shape index (κ1) is 12.5. The molecule has 1 unspecified atom stereocenters. The van der Waals surface area contributed by atoms with Crippen molar-refractivity contribution in [3.05, 3.63) is 0 Å².